The molecule has 5 heteroatoms. The lowest BCUT2D eigenvalue weighted by Crippen LogP contribution is -2.19. The predicted octanol–water partition coefficient (Wildman–Crippen LogP) is 2.83. The predicted molar refractivity (Wildman–Crippen MR) is 81.1 cm³/mol. The molecule has 0 spiro atoms. The molecule has 0 aromatic carbocycles. The maximum absolute atomic E-state index is 5.51. The second-order valence-corrected chi connectivity index (χ2v) is 5.44. The van der Waals surface area contributed by atoms with Crippen LogP contribution in [0.25, 0.3) is 0 Å². The summed E-state index contributed by atoms with van der Waals surface area (Å²) in [5.74, 6) is 0.626. The number of aromatic nitrogens is 2. The van der Waals surface area contributed by atoms with Crippen LogP contribution in [0.2, 0.25) is 0 Å². The lowest BCUT2D eigenvalue weighted by Gasteiger charge is -2.04. The minimum absolute atomic E-state index is 0.353. The molecule has 2 heterocycles. The number of aryl methyl sites for hydroxylation is 1. The minimum Gasteiger partial charge on any atom is -0.450 e. The molecule has 5 nitrogen and oxygen atoms in total. The monoisotopic (exact) mass is 289 g/mol. The average molecular weight is 289 g/mol. The maximum Gasteiger partial charge on any atom is 0.393 e. The summed E-state index contributed by atoms with van der Waals surface area (Å²) < 4.78 is 10.8. The zero-order valence-electron chi connectivity index (χ0n) is 12.7. The molecule has 0 radical (unpaired) electrons. The van der Waals surface area contributed by atoms with Gasteiger partial charge in [0.05, 0.1) is 12.3 Å². The summed E-state index contributed by atoms with van der Waals surface area (Å²) >= 11 is 0. The van der Waals surface area contributed by atoms with Gasteiger partial charge in [0.2, 0.25) is 0 Å². The lowest BCUT2D eigenvalue weighted by molar-refractivity contribution is 0.227. The molecule has 0 aliphatic rings. The summed E-state index contributed by atoms with van der Waals surface area (Å²) in [6.45, 7) is 6.62. The SMILES string of the molecule is CC(C)CNCc1coc(OCCCc2ccncc2)n1. The number of pyridine rings is 1. The van der Waals surface area contributed by atoms with Crippen LogP contribution < -0.4 is 10.1 Å². The van der Waals surface area contributed by atoms with Crippen LogP contribution in [0.15, 0.2) is 35.2 Å². The van der Waals surface area contributed by atoms with E-state index in [4.69, 9.17) is 9.15 Å². The van der Waals surface area contributed by atoms with Crippen molar-refractivity contribution < 1.29 is 9.15 Å². The van der Waals surface area contributed by atoms with E-state index < -0.39 is 0 Å². The van der Waals surface area contributed by atoms with Gasteiger partial charge in [-0.1, -0.05) is 13.8 Å². The van der Waals surface area contributed by atoms with E-state index in [0.717, 1.165) is 25.1 Å². The Bertz CT molecular complexity index is 511. The molecule has 0 atom stereocenters. The largest absolute Gasteiger partial charge is 0.450 e. The van der Waals surface area contributed by atoms with Crippen LogP contribution in [0.4, 0.5) is 0 Å². The summed E-state index contributed by atoms with van der Waals surface area (Å²) in [6.07, 6.45) is 7.50. The molecule has 2 rings (SSSR count). The van der Waals surface area contributed by atoms with Crippen LogP contribution in [0.3, 0.4) is 0 Å². The second kappa shape index (κ2) is 8.42. The van der Waals surface area contributed by atoms with Crippen LogP contribution in [0.5, 0.6) is 6.08 Å². The van der Waals surface area contributed by atoms with Gasteiger partial charge >= 0.3 is 6.08 Å². The number of hydrogen-bond donors (Lipinski definition) is 1. The summed E-state index contributed by atoms with van der Waals surface area (Å²) in [7, 11) is 0. The zero-order valence-corrected chi connectivity index (χ0v) is 12.7. The Labute approximate surface area is 125 Å². The molecule has 0 fully saturated rings. The van der Waals surface area contributed by atoms with Crippen molar-refractivity contribution >= 4 is 0 Å². The summed E-state index contributed by atoms with van der Waals surface area (Å²) in [4.78, 5) is 8.29. The molecule has 0 saturated carbocycles. The maximum atomic E-state index is 5.51. The van der Waals surface area contributed by atoms with Crippen molar-refractivity contribution in [3.8, 4) is 6.08 Å². The molecule has 2 aromatic heterocycles. The molecule has 0 amide bonds. The fourth-order valence-corrected chi connectivity index (χ4v) is 1.91. The third kappa shape index (κ3) is 5.95. The third-order valence-corrected chi connectivity index (χ3v) is 2.97. The van der Waals surface area contributed by atoms with Gasteiger partial charge in [0.1, 0.15) is 6.26 Å². The highest BCUT2D eigenvalue weighted by atomic mass is 16.6. The highest BCUT2D eigenvalue weighted by Crippen LogP contribution is 2.11. The Morgan fingerprint density at radius 3 is 2.86 bits per heavy atom. The third-order valence-electron chi connectivity index (χ3n) is 2.97. The van der Waals surface area contributed by atoms with Crippen LogP contribution in [0.1, 0.15) is 31.5 Å². The van der Waals surface area contributed by atoms with Crippen molar-refractivity contribution in [2.45, 2.75) is 33.2 Å². The molecule has 1 N–H and O–H groups in total. The van der Waals surface area contributed by atoms with Crippen molar-refractivity contribution in [2.75, 3.05) is 13.2 Å². The smallest absolute Gasteiger partial charge is 0.393 e. The van der Waals surface area contributed by atoms with Crippen LogP contribution in [0, 0.1) is 5.92 Å². The molecule has 0 aliphatic heterocycles. The zero-order chi connectivity index (χ0) is 14.9. The molecule has 2 aromatic rings. The first-order chi connectivity index (χ1) is 10.2. The van der Waals surface area contributed by atoms with Gasteiger partial charge < -0.3 is 14.5 Å². The highest BCUT2D eigenvalue weighted by molar-refractivity contribution is 5.09. The average Bonchev–Trinajstić information content (AvgIpc) is 2.92. The molecule has 0 unspecified atom stereocenters. The van der Waals surface area contributed by atoms with Gasteiger partial charge in [-0.25, -0.2) is 0 Å². The van der Waals surface area contributed by atoms with Gasteiger partial charge in [0.25, 0.3) is 0 Å². The van der Waals surface area contributed by atoms with E-state index in [0.29, 0.717) is 25.1 Å². The van der Waals surface area contributed by atoms with Gasteiger partial charge in [0, 0.05) is 18.9 Å². The topological polar surface area (TPSA) is 60.2 Å². The van der Waals surface area contributed by atoms with E-state index >= 15 is 0 Å². The normalized spacial score (nSPS) is 11.0. The molecule has 21 heavy (non-hydrogen) atoms. The van der Waals surface area contributed by atoms with Crippen molar-refractivity contribution in [2.24, 2.45) is 5.92 Å². The van der Waals surface area contributed by atoms with E-state index in [9.17, 15) is 0 Å². The van der Waals surface area contributed by atoms with E-state index in [2.05, 4.69) is 29.1 Å². The Balaban J connectivity index is 1.63. The van der Waals surface area contributed by atoms with Gasteiger partial charge in [-0.15, -0.1) is 0 Å². The highest BCUT2D eigenvalue weighted by Gasteiger charge is 2.05. The van der Waals surface area contributed by atoms with Gasteiger partial charge in [0.15, 0.2) is 0 Å². The van der Waals surface area contributed by atoms with Gasteiger partial charge in [-0.05, 0) is 43.0 Å². The first-order valence-electron chi connectivity index (χ1n) is 7.41. The first-order valence-corrected chi connectivity index (χ1v) is 7.41. The van der Waals surface area contributed by atoms with Crippen LogP contribution >= 0.6 is 0 Å². The molecular weight excluding hydrogens is 266 g/mol. The second-order valence-electron chi connectivity index (χ2n) is 5.44. The van der Waals surface area contributed by atoms with E-state index in [-0.39, 0.29) is 0 Å². The fraction of sp³-hybridized carbons (Fsp3) is 0.500. The van der Waals surface area contributed by atoms with E-state index in [1.807, 2.05) is 12.1 Å². The first kappa shape index (κ1) is 15.5. The molecule has 0 bridgehead atoms. The number of nitrogens with one attached hydrogen (secondary N) is 1. The Kier molecular flexibility index (Phi) is 6.22. The van der Waals surface area contributed by atoms with Crippen LogP contribution in [-0.2, 0) is 13.0 Å². The van der Waals surface area contributed by atoms with Crippen molar-refractivity contribution in [3.05, 3.63) is 42.0 Å². The number of nitrogens with zero attached hydrogens (tertiary/aromatic N) is 2. The van der Waals surface area contributed by atoms with Gasteiger partial charge in [-0.2, -0.15) is 4.98 Å². The quantitative estimate of drug-likeness (QED) is 0.719. The Hall–Kier alpha value is -1.88. The van der Waals surface area contributed by atoms with E-state index in [1.54, 1.807) is 18.7 Å². The minimum atomic E-state index is 0.353. The van der Waals surface area contributed by atoms with Crippen molar-refractivity contribution in [3.63, 3.8) is 0 Å². The van der Waals surface area contributed by atoms with Crippen molar-refractivity contribution in [1.82, 2.24) is 15.3 Å². The number of hydrogen-bond acceptors (Lipinski definition) is 5. The Morgan fingerprint density at radius 1 is 1.29 bits per heavy atom. The summed E-state index contributed by atoms with van der Waals surface area (Å²) in [5, 5.41) is 3.32. The number of rotatable bonds is 9. The summed E-state index contributed by atoms with van der Waals surface area (Å²) in [5.41, 5.74) is 2.14. The van der Waals surface area contributed by atoms with Gasteiger partial charge in [-0.3, -0.25) is 4.98 Å². The summed E-state index contributed by atoms with van der Waals surface area (Å²) in [6, 6.07) is 4.04. The molecule has 0 saturated heterocycles. The lowest BCUT2D eigenvalue weighted by atomic mass is 10.1. The number of ether oxygens (including phenoxy) is 1. The fourth-order valence-electron chi connectivity index (χ4n) is 1.91. The van der Waals surface area contributed by atoms with Crippen molar-refractivity contribution in [1.29, 1.82) is 0 Å². The van der Waals surface area contributed by atoms with Crippen LogP contribution in [-0.4, -0.2) is 23.1 Å². The molecular formula is C16H23N3O2. The molecule has 114 valence electrons. The molecule has 0 aliphatic carbocycles. The Morgan fingerprint density at radius 2 is 2.10 bits per heavy atom. The van der Waals surface area contributed by atoms with E-state index in [1.165, 1.54) is 5.56 Å². The number of oxazole rings is 1. The standard InChI is InChI=1S/C16H23N3O2/c1-13(2)10-18-11-15-12-21-16(19-15)20-9-3-4-14-5-7-17-8-6-14/h5-8,12-13,18H,3-4,9-11H2,1-2H3.